The van der Waals surface area contributed by atoms with E-state index in [1.807, 2.05) is 64.4 Å². The smallest absolute Gasteiger partial charge is 0.475 e. The third-order valence-corrected chi connectivity index (χ3v) is 7.06. The molecule has 1 aromatic carbocycles. The minimum atomic E-state index is -5.08. The highest BCUT2D eigenvalue weighted by molar-refractivity contribution is 7.13. The molecule has 1 fully saturated rings. The molecule has 0 spiro atoms. The first kappa shape index (κ1) is 31.2. The van der Waals surface area contributed by atoms with Crippen LogP contribution >= 0.6 is 11.3 Å². The number of halogens is 3. The van der Waals surface area contributed by atoms with Gasteiger partial charge in [0.15, 0.2) is 0 Å². The van der Waals surface area contributed by atoms with Crippen molar-refractivity contribution in [2.45, 2.75) is 71.4 Å². The number of benzene rings is 1. The van der Waals surface area contributed by atoms with E-state index >= 15 is 0 Å². The molecule has 0 bridgehead atoms. The molecule has 3 rings (SSSR count). The Morgan fingerprint density at radius 1 is 1.18 bits per heavy atom. The second-order valence-corrected chi connectivity index (χ2v) is 11.0. The topological polar surface area (TPSA) is 146 Å². The molecule has 1 aliphatic heterocycles. The van der Waals surface area contributed by atoms with Crippen molar-refractivity contribution in [2.24, 2.45) is 11.1 Å². The second-order valence-electron chi connectivity index (χ2n) is 10.2. The second kappa shape index (κ2) is 12.2. The summed E-state index contributed by atoms with van der Waals surface area (Å²) in [5.74, 6) is -3.34. The van der Waals surface area contributed by atoms with Gasteiger partial charge in [-0.2, -0.15) is 13.2 Å². The number of carboxylic acids is 1. The van der Waals surface area contributed by atoms with Crippen molar-refractivity contribution in [1.29, 1.82) is 0 Å². The lowest BCUT2D eigenvalue weighted by atomic mass is 9.86. The molecule has 5 N–H and O–H groups in total. The molecule has 13 heteroatoms. The number of β-amino-alcohol motifs (C(OH)–C–C–N with tert-alkyl or cyclic N) is 1. The quantitative estimate of drug-likeness (QED) is 0.441. The van der Waals surface area contributed by atoms with Gasteiger partial charge in [0.25, 0.3) is 0 Å². The average Bonchev–Trinajstić information content (AvgIpc) is 3.42. The van der Waals surface area contributed by atoms with Gasteiger partial charge in [-0.15, -0.1) is 11.3 Å². The number of carbonyl (C=O) groups is 3. The van der Waals surface area contributed by atoms with Crippen LogP contribution in [-0.2, 0) is 14.4 Å². The number of aliphatic carboxylic acids is 1. The Morgan fingerprint density at radius 2 is 1.74 bits per heavy atom. The highest BCUT2D eigenvalue weighted by Crippen LogP contribution is 2.29. The van der Waals surface area contributed by atoms with Gasteiger partial charge in [0.1, 0.15) is 6.04 Å². The van der Waals surface area contributed by atoms with Gasteiger partial charge in [0.2, 0.25) is 11.8 Å². The van der Waals surface area contributed by atoms with Crippen molar-refractivity contribution in [3.05, 3.63) is 41.0 Å². The van der Waals surface area contributed by atoms with Gasteiger partial charge in [-0.1, -0.05) is 45.0 Å². The number of thiazole rings is 1. The minimum absolute atomic E-state index is 0.123. The molecule has 210 valence electrons. The van der Waals surface area contributed by atoms with Crippen LogP contribution in [0.2, 0.25) is 0 Å². The number of nitrogens with two attached hydrogens (primary N) is 1. The van der Waals surface area contributed by atoms with Gasteiger partial charge in [-0.3, -0.25) is 9.59 Å². The van der Waals surface area contributed by atoms with E-state index < -0.39 is 35.7 Å². The van der Waals surface area contributed by atoms with Gasteiger partial charge >= 0.3 is 12.1 Å². The van der Waals surface area contributed by atoms with Crippen molar-refractivity contribution in [1.82, 2.24) is 15.2 Å². The number of aryl methyl sites for hydroxylation is 1. The van der Waals surface area contributed by atoms with Crippen molar-refractivity contribution < 1.29 is 37.8 Å². The van der Waals surface area contributed by atoms with Crippen LogP contribution < -0.4 is 11.1 Å². The normalized spacial score (nSPS) is 19.3. The molecule has 1 aromatic heterocycles. The molecule has 0 saturated carbocycles. The van der Waals surface area contributed by atoms with Crippen LogP contribution in [0.25, 0.3) is 10.4 Å². The fourth-order valence-corrected chi connectivity index (χ4v) is 4.56. The number of carbonyl (C=O) groups excluding carboxylic acids is 2. The van der Waals surface area contributed by atoms with Crippen LogP contribution in [0.5, 0.6) is 0 Å². The number of hydrogen-bond donors (Lipinski definition) is 4. The lowest BCUT2D eigenvalue weighted by Gasteiger charge is -2.32. The van der Waals surface area contributed by atoms with Gasteiger partial charge in [-0.25, -0.2) is 9.78 Å². The predicted molar refractivity (Wildman–Crippen MR) is 136 cm³/mol. The Morgan fingerprint density at radius 3 is 2.18 bits per heavy atom. The number of rotatable bonds is 5. The molecule has 1 aliphatic rings. The summed E-state index contributed by atoms with van der Waals surface area (Å²) in [6.45, 7) is 9.67. The fraction of sp³-hybridized carbons (Fsp3) is 0.520. The Labute approximate surface area is 222 Å². The molecular formula is C25H33F3N4O5S. The van der Waals surface area contributed by atoms with E-state index in [9.17, 15) is 27.9 Å². The molecule has 1 saturated heterocycles. The highest BCUT2D eigenvalue weighted by Gasteiger charge is 2.43. The Hall–Kier alpha value is -3.03. The van der Waals surface area contributed by atoms with Crippen molar-refractivity contribution in [3.63, 3.8) is 0 Å². The summed E-state index contributed by atoms with van der Waals surface area (Å²) in [4.78, 5) is 41.6. The van der Waals surface area contributed by atoms with Crippen LogP contribution in [0, 0.1) is 12.3 Å². The lowest BCUT2D eigenvalue weighted by molar-refractivity contribution is -0.192. The number of aromatic nitrogens is 1. The van der Waals surface area contributed by atoms with Crippen LogP contribution in [-0.4, -0.2) is 68.8 Å². The van der Waals surface area contributed by atoms with Crippen LogP contribution in [0.4, 0.5) is 13.2 Å². The van der Waals surface area contributed by atoms with E-state index in [1.165, 1.54) is 4.90 Å². The van der Waals surface area contributed by atoms with Gasteiger partial charge in [-0.05, 0) is 30.4 Å². The number of alkyl halides is 3. The van der Waals surface area contributed by atoms with E-state index in [0.717, 1.165) is 21.7 Å². The molecular weight excluding hydrogens is 525 g/mol. The summed E-state index contributed by atoms with van der Waals surface area (Å²) >= 11 is 1.60. The number of aliphatic hydroxyl groups is 1. The summed E-state index contributed by atoms with van der Waals surface area (Å²) < 4.78 is 31.7. The number of hydrogen-bond acceptors (Lipinski definition) is 7. The maximum atomic E-state index is 13.0. The van der Waals surface area contributed by atoms with Crippen molar-refractivity contribution in [2.75, 3.05) is 6.54 Å². The SMILES string of the molecule is Cc1ncsc1-c1ccc(C(C)NC(=O)C2CC(O)CN2C(=O)C(N)C(C)(C)C)cc1.O=C(O)C(F)(F)F. The summed E-state index contributed by atoms with van der Waals surface area (Å²) in [5, 5.41) is 20.2. The van der Waals surface area contributed by atoms with Crippen LogP contribution in [0.3, 0.4) is 0 Å². The van der Waals surface area contributed by atoms with Crippen molar-refractivity contribution in [3.8, 4) is 10.4 Å². The number of aliphatic hydroxyl groups excluding tert-OH is 1. The third kappa shape index (κ3) is 7.98. The molecule has 38 heavy (non-hydrogen) atoms. The predicted octanol–water partition coefficient (Wildman–Crippen LogP) is 3.26. The maximum Gasteiger partial charge on any atom is 0.490 e. The largest absolute Gasteiger partial charge is 0.490 e. The first-order valence-corrected chi connectivity index (χ1v) is 12.7. The van der Waals surface area contributed by atoms with Gasteiger partial charge < -0.3 is 26.2 Å². The summed E-state index contributed by atoms with van der Waals surface area (Å²) in [5.41, 5.74) is 10.6. The van der Waals surface area contributed by atoms with E-state index in [2.05, 4.69) is 10.3 Å². The van der Waals surface area contributed by atoms with Crippen LogP contribution in [0.1, 0.15) is 51.4 Å². The van der Waals surface area contributed by atoms with E-state index in [-0.39, 0.29) is 30.8 Å². The first-order valence-electron chi connectivity index (χ1n) is 11.8. The lowest BCUT2D eigenvalue weighted by Crippen LogP contribution is -2.55. The Balaban J connectivity index is 0.000000638. The Kier molecular flexibility index (Phi) is 10.0. The van der Waals surface area contributed by atoms with Gasteiger partial charge in [0.05, 0.1) is 34.3 Å². The molecule has 2 heterocycles. The van der Waals surface area contributed by atoms with Crippen molar-refractivity contribution >= 4 is 29.1 Å². The van der Waals surface area contributed by atoms with E-state index in [0.29, 0.717) is 0 Å². The number of nitrogens with one attached hydrogen (secondary N) is 1. The summed E-state index contributed by atoms with van der Waals surface area (Å²) in [6.07, 6.45) is -5.60. The highest BCUT2D eigenvalue weighted by atomic mass is 32.1. The molecule has 4 atom stereocenters. The molecule has 2 amide bonds. The summed E-state index contributed by atoms with van der Waals surface area (Å²) in [6, 6.07) is 6.32. The number of amides is 2. The molecule has 0 radical (unpaired) electrons. The maximum absolute atomic E-state index is 13.0. The summed E-state index contributed by atoms with van der Waals surface area (Å²) in [7, 11) is 0. The fourth-order valence-electron chi connectivity index (χ4n) is 3.75. The molecule has 4 unspecified atom stereocenters. The number of likely N-dealkylation sites (tertiary alicyclic amines) is 1. The molecule has 2 aromatic rings. The number of nitrogens with zero attached hydrogens (tertiary/aromatic N) is 2. The third-order valence-electron chi connectivity index (χ3n) is 6.08. The van der Waals surface area contributed by atoms with E-state index in [4.69, 9.17) is 15.6 Å². The zero-order chi connectivity index (χ0) is 29.0. The molecule has 9 nitrogen and oxygen atoms in total. The van der Waals surface area contributed by atoms with E-state index in [1.54, 1.807) is 11.3 Å². The number of carboxylic acid groups (broad SMARTS) is 1. The first-order chi connectivity index (χ1) is 17.4. The van der Waals surface area contributed by atoms with Gasteiger partial charge in [0, 0.05) is 13.0 Å². The standard InChI is InChI=1S/C23H32N4O3S.C2HF3O2/c1-13(15-6-8-16(9-7-15)19-14(2)25-12-31-19)26-21(29)18-10-17(28)11-27(18)22(30)20(24)23(3,4)5;3-2(4,5)1(6)7/h6-9,12-13,17-18,20,28H,10-11,24H2,1-5H3,(H,26,29);(H,6,7). The monoisotopic (exact) mass is 558 g/mol. The average molecular weight is 559 g/mol. The Bertz CT molecular complexity index is 1130. The molecule has 0 aliphatic carbocycles. The zero-order valence-electron chi connectivity index (χ0n) is 21.7. The minimum Gasteiger partial charge on any atom is -0.475 e. The zero-order valence-corrected chi connectivity index (χ0v) is 22.6. The van der Waals surface area contributed by atoms with Crippen LogP contribution in [0.15, 0.2) is 29.8 Å².